The summed E-state index contributed by atoms with van der Waals surface area (Å²) in [4.78, 5) is 50.9. The molecule has 28 heavy (non-hydrogen) atoms. The maximum atomic E-state index is 13.2. The normalized spacial score (nSPS) is 11.9. The second kappa shape index (κ2) is 5.13. The van der Waals surface area contributed by atoms with E-state index in [1.807, 2.05) is 0 Å². The van der Waals surface area contributed by atoms with E-state index in [4.69, 9.17) is 4.42 Å². The fourth-order valence-electron chi connectivity index (χ4n) is 4.04. The average molecular weight is 372 g/mol. The molecule has 5 rings (SSSR count). The molecule has 0 aliphatic carbocycles. The minimum Gasteiger partial charge on any atom is -0.507 e. The maximum absolute atomic E-state index is 13.2. The van der Waals surface area contributed by atoms with Crippen molar-refractivity contribution >= 4 is 43.5 Å². The van der Waals surface area contributed by atoms with E-state index in [1.54, 1.807) is 19.9 Å². The van der Waals surface area contributed by atoms with Crippen molar-refractivity contribution in [3.63, 3.8) is 0 Å². The zero-order valence-corrected chi connectivity index (χ0v) is 14.9. The summed E-state index contributed by atoms with van der Waals surface area (Å²) in [6.45, 7) is 3.40. The van der Waals surface area contributed by atoms with Gasteiger partial charge in [-0.2, -0.15) is 0 Å². The molecular formula is C22H12O6. The standard InChI is InChI=1S/C22H12O6/c1-8-5-11-16(14(25)6-8)20(27)22-18(19(11)26)15-9(2)7-10-12(23)3-4-13(24)17(10)21(15)28-22/h3-7,25H,1-2H3. The number of aromatic hydroxyl groups is 1. The van der Waals surface area contributed by atoms with Crippen LogP contribution in [0.25, 0.3) is 43.5 Å². The van der Waals surface area contributed by atoms with Crippen LogP contribution in [0.2, 0.25) is 0 Å². The highest BCUT2D eigenvalue weighted by Gasteiger charge is 2.23. The van der Waals surface area contributed by atoms with Gasteiger partial charge in [0.1, 0.15) is 11.3 Å². The highest BCUT2D eigenvalue weighted by molar-refractivity contribution is 6.18. The minimum atomic E-state index is -0.628. The average Bonchev–Trinajstić information content (AvgIpc) is 3.04. The molecule has 136 valence electrons. The predicted molar refractivity (Wildman–Crippen MR) is 107 cm³/mol. The van der Waals surface area contributed by atoms with Gasteiger partial charge in [0.15, 0.2) is 21.9 Å². The van der Waals surface area contributed by atoms with Crippen LogP contribution in [0.3, 0.4) is 0 Å². The molecule has 1 aromatic heterocycles. The molecule has 0 spiro atoms. The number of phenolic OH excluding ortho intramolecular Hbond substituents is 1. The second-order valence-corrected chi connectivity index (χ2v) is 7.05. The van der Waals surface area contributed by atoms with Crippen LogP contribution < -0.4 is 21.7 Å². The number of rotatable bonds is 0. The number of phenols is 1. The quantitative estimate of drug-likeness (QED) is 0.448. The summed E-state index contributed by atoms with van der Waals surface area (Å²) in [5, 5.41) is 10.8. The first kappa shape index (κ1) is 16.4. The molecule has 4 aromatic carbocycles. The zero-order chi connectivity index (χ0) is 19.9. The Kier molecular flexibility index (Phi) is 3.00. The number of benzene rings is 4. The SMILES string of the molecule is Cc1cc(O)c2c(=O)c3oc4c(c(C)cc5c(=O)ccc(=O)c54)c3c(=O)c2c1. The largest absolute Gasteiger partial charge is 0.507 e. The van der Waals surface area contributed by atoms with E-state index in [2.05, 4.69) is 0 Å². The Morgan fingerprint density at radius 1 is 0.714 bits per heavy atom. The van der Waals surface area contributed by atoms with Crippen LogP contribution in [0, 0.1) is 13.8 Å². The maximum Gasteiger partial charge on any atom is 0.233 e. The van der Waals surface area contributed by atoms with E-state index in [9.17, 15) is 24.3 Å². The summed E-state index contributed by atoms with van der Waals surface area (Å²) in [5.74, 6) is -0.299. The van der Waals surface area contributed by atoms with Gasteiger partial charge < -0.3 is 9.52 Å². The molecule has 6 heteroatoms. The third-order valence-electron chi connectivity index (χ3n) is 5.22. The molecule has 1 N–H and O–H groups in total. The third-order valence-corrected chi connectivity index (χ3v) is 5.22. The highest BCUT2D eigenvalue weighted by Crippen LogP contribution is 2.34. The van der Waals surface area contributed by atoms with Crippen molar-refractivity contribution in [2.24, 2.45) is 0 Å². The Bertz CT molecular complexity index is 1710. The Balaban J connectivity index is 2.23. The van der Waals surface area contributed by atoms with Crippen LogP contribution in [-0.4, -0.2) is 5.11 Å². The van der Waals surface area contributed by atoms with Gasteiger partial charge in [-0.1, -0.05) is 0 Å². The van der Waals surface area contributed by atoms with E-state index in [0.29, 0.717) is 16.5 Å². The lowest BCUT2D eigenvalue weighted by Crippen LogP contribution is -2.12. The van der Waals surface area contributed by atoms with Crippen molar-refractivity contribution < 1.29 is 9.52 Å². The molecule has 0 bridgehead atoms. The van der Waals surface area contributed by atoms with Crippen molar-refractivity contribution in [2.75, 3.05) is 0 Å². The van der Waals surface area contributed by atoms with Crippen molar-refractivity contribution in [3.8, 4) is 5.75 Å². The van der Waals surface area contributed by atoms with Gasteiger partial charge in [0.25, 0.3) is 0 Å². The summed E-state index contributed by atoms with van der Waals surface area (Å²) in [6, 6.07) is 6.82. The van der Waals surface area contributed by atoms with Crippen molar-refractivity contribution in [1.82, 2.24) is 0 Å². The molecule has 0 unspecified atom stereocenters. The van der Waals surface area contributed by atoms with Gasteiger partial charge in [0.2, 0.25) is 5.43 Å². The molecule has 0 aliphatic rings. The number of hydrogen-bond donors (Lipinski definition) is 1. The van der Waals surface area contributed by atoms with Crippen LogP contribution in [0.1, 0.15) is 11.1 Å². The van der Waals surface area contributed by atoms with E-state index >= 15 is 0 Å². The van der Waals surface area contributed by atoms with Gasteiger partial charge >= 0.3 is 0 Å². The van der Waals surface area contributed by atoms with Gasteiger partial charge in [-0.3, -0.25) is 19.2 Å². The van der Waals surface area contributed by atoms with Crippen LogP contribution >= 0.6 is 0 Å². The van der Waals surface area contributed by atoms with Crippen LogP contribution in [0.4, 0.5) is 0 Å². The molecule has 0 atom stereocenters. The molecule has 0 amide bonds. The predicted octanol–water partition coefficient (Wildman–Crippen LogP) is 2.53. The zero-order valence-electron chi connectivity index (χ0n) is 14.9. The lowest BCUT2D eigenvalue weighted by Gasteiger charge is -2.02. The molecule has 0 saturated carbocycles. The molecule has 1 heterocycles. The monoisotopic (exact) mass is 372 g/mol. The van der Waals surface area contributed by atoms with Gasteiger partial charge in [0.05, 0.1) is 16.2 Å². The van der Waals surface area contributed by atoms with Gasteiger partial charge in [0, 0.05) is 16.2 Å². The lowest BCUT2D eigenvalue weighted by atomic mass is 9.98. The molecule has 0 aliphatic heterocycles. The minimum absolute atomic E-state index is 0.0487. The van der Waals surface area contributed by atoms with Crippen molar-refractivity contribution in [3.05, 3.63) is 82.4 Å². The molecular weight excluding hydrogens is 360 g/mol. The molecule has 0 radical (unpaired) electrons. The van der Waals surface area contributed by atoms with Crippen LogP contribution in [0.15, 0.2) is 53.9 Å². The Morgan fingerprint density at radius 3 is 2.18 bits per heavy atom. The number of hydrogen-bond acceptors (Lipinski definition) is 6. The van der Waals surface area contributed by atoms with E-state index in [0.717, 1.165) is 6.07 Å². The molecule has 6 nitrogen and oxygen atoms in total. The molecule has 5 aromatic rings. The Hall–Kier alpha value is -3.80. The summed E-state index contributed by atoms with van der Waals surface area (Å²) in [6.07, 6.45) is 0. The first-order chi connectivity index (χ1) is 13.3. The fourth-order valence-corrected chi connectivity index (χ4v) is 4.04. The summed E-state index contributed by atoms with van der Waals surface area (Å²) < 4.78 is 5.72. The fraction of sp³-hybridized carbons (Fsp3) is 0.0909. The van der Waals surface area contributed by atoms with E-state index < -0.39 is 16.3 Å². The number of fused-ring (bicyclic) bond motifs is 6. The van der Waals surface area contributed by atoms with E-state index in [1.165, 1.54) is 18.2 Å². The van der Waals surface area contributed by atoms with Gasteiger partial charge in [-0.25, -0.2) is 0 Å². The summed E-state index contributed by atoms with van der Waals surface area (Å²) in [5.41, 5.74) is -0.853. The van der Waals surface area contributed by atoms with Crippen LogP contribution in [0.5, 0.6) is 5.75 Å². The lowest BCUT2D eigenvalue weighted by molar-refractivity contribution is 0.481. The highest BCUT2D eigenvalue weighted by atomic mass is 16.3. The van der Waals surface area contributed by atoms with Crippen molar-refractivity contribution in [1.29, 1.82) is 0 Å². The third kappa shape index (κ3) is 1.86. The summed E-state index contributed by atoms with van der Waals surface area (Å²) >= 11 is 0. The first-order valence-electron chi connectivity index (χ1n) is 8.59. The van der Waals surface area contributed by atoms with Crippen molar-refractivity contribution in [2.45, 2.75) is 13.8 Å². The topological polar surface area (TPSA) is 102 Å². The smallest absolute Gasteiger partial charge is 0.233 e. The number of furan rings is 1. The van der Waals surface area contributed by atoms with Crippen LogP contribution in [-0.2, 0) is 0 Å². The first-order valence-corrected chi connectivity index (χ1v) is 8.59. The molecule has 0 fully saturated rings. The summed E-state index contributed by atoms with van der Waals surface area (Å²) in [7, 11) is 0. The van der Waals surface area contributed by atoms with Gasteiger partial charge in [-0.15, -0.1) is 0 Å². The van der Waals surface area contributed by atoms with Gasteiger partial charge in [-0.05, 0) is 55.3 Å². The number of aryl methyl sites for hydroxylation is 2. The Labute approximate surface area is 155 Å². The van der Waals surface area contributed by atoms with E-state index in [-0.39, 0.29) is 49.3 Å². The Morgan fingerprint density at radius 2 is 1.43 bits per heavy atom. The molecule has 0 saturated heterocycles. The second-order valence-electron chi connectivity index (χ2n) is 7.05.